The molecule has 2 N–H and O–H groups in total. The topological polar surface area (TPSA) is 84.0 Å². The Labute approximate surface area is 161 Å². The zero-order valence-electron chi connectivity index (χ0n) is 14.6. The Morgan fingerprint density at radius 2 is 1.70 bits per heavy atom. The molecule has 0 aliphatic heterocycles. The summed E-state index contributed by atoms with van der Waals surface area (Å²) in [5, 5.41) is 6.14. The van der Waals surface area contributed by atoms with Crippen LogP contribution in [0.2, 0.25) is 5.02 Å². The summed E-state index contributed by atoms with van der Waals surface area (Å²) in [6, 6.07) is 13.5. The van der Waals surface area contributed by atoms with Crippen LogP contribution in [-0.2, 0) is 6.54 Å². The Morgan fingerprint density at radius 3 is 2.41 bits per heavy atom. The third-order valence-electron chi connectivity index (χ3n) is 3.85. The number of aryl methyl sites for hydroxylation is 1. The van der Waals surface area contributed by atoms with E-state index in [0.717, 1.165) is 11.1 Å². The number of hydrogen-bond donors (Lipinski definition) is 2. The van der Waals surface area contributed by atoms with Crippen molar-refractivity contribution in [3.63, 3.8) is 0 Å². The van der Waals surface area contributed by atoms with E-state index in [-0.39, 0.29) is 17.3 Å². The second kappa shape index (κ2) is 8.42. The lowest BCUT2D eigenvalue weighted by Crippen LogP contribution is -2.25. The number of rotatable bonds is 5. The average Bonchev–Trinajstić information content (AvgIpc) is 2.69. The van der Waals surface area contributed by atoms with Crippen LogP contribution in [0.4, 0.5) is 5.69 Å². The van der Waals surface area contributed by atoms with Crippen LogP contribution in [0.15, 0.2) is 60.9 Å². The highest BCUT2D eigenvalue weighted by molar-refractivity contribution is 6.30. The minimum absolute atomic E-state index is 0.154. The van der Waals surface area contributed by atoms with E-state index < -0.39 is 5.91 Å². The first-order chi connectivity index (χ1) is 13.0. The molecule has 6 nitrogen and oxygen atoms in total. The summed E-state index contributed by atoms with van der Waals surface area (Å²) in [5.41, 5.74) is 2.72. The number of anilines is 1. The molecular weight excluding hydrogens is 364 g/mol. The Kier molecular flexibility index (Phi) is 5.78. The summed E-state index contributed by atoms with van der Waals surface area (Å²) >= 11 is 5.93. The molecule has 7 heteroatoms. The number of hydrogen-bond acceptors (Lipinski definition) is 4. The number of aromatic nitrogens is 2. The maximum Gasteiger partial charge on any atom is 0.274 e. The number of nitrogens with zero attached hydrogens (tertiary/aromatic N) is 2. The lowest BCUT2D eigenvalue weighted by molar-refractivity contribution is 0.0945. The van der Waals surface area contributed by atoms with Gasteiger partial charge in [0, 0.05) is 29.6 Å². The first kappa shape index (κ1) is 18.5. The molecule has 136 valence electrons. The van der Waals surface area contributed by atoms with Gasteiger partial charge in [0.05, 0.1) is 0 Å². The average molecular weight is 381 g/mol. The first-order valence-electron chi connectivity index (χ1n) is 8.24. The number of pyridine rings is 2. The second-order valence-electron chi connectivity index (χ2n) is 5.86. The quantitative estimate of drug-likeness (QED) is 0.708. The van der Waals surface area contributed by atoms with Crippen LogP contribution in [0.5, 0.6) is 0 Å². The third-order valence-corrected chi connectivity index (χ3v) is 4.09. The summed E-state index contributed by atoms with van der Waals surface area (Å²) < 4.78 is 0. The van der Waals surface area contributed by atoms with Gasteiger partial charge in [0.25, 0.3) is 11.8 Å². The van der Waals surface area contributed by atoms with E-state index in [9.17, 15) is 9.59 Å². The minimum Gasteiger partial charge on any atom is -0.347 e. The zero-order valence-corrected chi connectivity index (χ0v) is 15.3. The summed E-state index contributed by atoms with van der Waals surface area (Å²) in [4.78, 5) is 32.9. The summed E-state index contributed by atoms with van der Waals surface area (Å²) in [6.07, 6.45) is 3.31. The number of amides is 2. The third kappa shape index (κ3) is 4.89. The fourth-order valence-electron chi connectivity index (χ4n) is 2.41. The second-order valence-corrected chi connectivity index (χ2v) is 6.30. The van der Waals surface area contributed by atoms with Gasteiger partial charge in [0.2, 0.25) is 0 Å². The number of carbonyl (C=O) groups is 2. The summed E-state index contributed by atoms with van der Waals surface area (Å²) in [6.45, 7) is 2.20. The van der Waals surface area contributed by atoms with E-state index in [0.29, 0.717) is 17.3 Å². The molecule has 3 aromatic rings. The maximum absolute atomic E-state index is 12.5. The normalized spacial score (nSPS) is 10.3. The standard InChI is InChI=1S/C20H17ClN4O2/c1-13-11-15(21)5-6-16(13)25-20(27)18-4-2-3-17(24-18)19(26)23-12-14-7-9-22-10-8-14/h2-11H,12H2,1H3,(H,23,26)(H,25,27). The van der Waals surface area contributed by atoms with Crippen molar-refractivity contribution in [3.8, 4) is 0 Å². The van der Waals surface area contributed by atoms with Crippen LogP contribution in [0, 0.1) is 6.92 Å². The molecule has 0 bridgehead atoms. The molecule has 0 atom stereocenters. The molecule has 1 aromatic carbocycles. The van der Waals surface area contributed by atoms with Gasteiger partial charge in [0.1, 0.15) is 11.4 Å². The van der Waals surface area contributed by atoms with Crippen molar-refractivity contribution in [3.05, 3.63) is 88.5 Å². The van der Waals surface area contributed by atoms with Gasteiger partial charge in [-0.25, -0.2) is 4.98 Å². The molecule has 0 unspecified atom stereocenters. The predicted molar refractivity (Wildman–Crippen MR) is 104 cm³/mol. The van der Waals surface area contributed by atoms with Crippen molar-refractivity contribution < 1.29 is 9.59 Å². The fourth-order valence-corrected chi connectivity index (χ4v) is 2.64. The molecule has 27 heavy (non-hydrogen) atoms. The van der Waals surface area contributed by atoms with Crippen LogP contribution < -0.4 is 10.6 Å². The van der Waals surface area contributed by atoms with Gasteiger partial charge in [-0.2, -0.15) is 0 Å². The number of carbonyl (C=O) groups excluding carboxylic acids is 2. The van der Waals surface area contributed by atoms with Crippen molar-refractivity contribution in [2.45, 2.75) is 13.5 Å². The minimum atomic E-state index is -0.399. The van der Waals surface area contributed by atoms with Crippen molar-refractivity contribution in [2.24, 2.45) is 0 Å². The fraction of sp³-hybridized carbons (Fsp3) is 0.100. The number of nitrogens with one attached hydrogen (secondary N) is 2. The van der Waals surface area contributed by atoms with Crippen molar-refractivity contribution in [1.82, 2.24) is 15.3 Å². The van der Waals surface area contributed by atoms with Crippen LogP contribution in [0.3, 0.4) is 0 Å². The van der Waals surface area contributed by atoms with E-state index in [1.807, 2.05) is 19.1 Å². The van der Waals surface area contributed by atoms with Crippen LogP contribution in [0.25, 0.3) is 0 Å². The SMILES string of the molecule is Cc1cc(Cl)ccc1NC(=O)c1cccc(C(=O)NCc2ccncc2)n1. The Hall–Kier alpha value is -3.25. The molecule has 3 rings (SSSR count). The lowest BCUT2D eigenvalue weighted by atomic mass is 10.2. The van der Waals surface area contributed by atoms with Gasteiger partial charge < -0.3 is 10.6 Å². The highest BCUT2D eigenvalue weighted by atomic mass is 35.5. The first-order valence-corrected chi connectivity index (χ1v) is 8.62. The van der Waals surface area contributed by atoms with E-state index in [1.54, 1.807) is 48.8 Å². The van der Waals surface area contributed by atoms with Crippen LogP contribution in [0.1, 0.15) is 32.1 Å². The van der Waals surface area contributed by atoms with E-state index in [2.05, 4.69) is 20.6 Å². The molecule has 0 radical (unpaired) electrons. The van der Waals surface area contributed by atoms with E-state index in [4.69, 9.17) is 11.6 Å². The largest absolute Gasteiger partial charge is 0.347 e. The van der Waals surface area contributed by atoms with Crippen molar-refractivity contribution >= 4 is 29.1 Å². The maximum atomic E-state index is 12.5. The van der Waals surface area contributed by atoms with Crippen molar-refractivity contribution in [1.29, 1.82) is 0 Å². The highest BCUT2D eigenvalue weighted by Gasteiger charge is 2.13. The zero-order chi connectivity index (χ0) is 19.2. The Morgan fingerprint density at radius 1 is 1.00 bits per heavy atom. The number of benzene rings is 1. The molecule has 0 aliphatic rings. The molecule has 0 fully saturated rings. The van der Waals surface area contributed by atoms with Crippen molar-refractivity contribution in [2.75, 3.05) is 5.32 Å². The molecule has 2 heterocycles. The Balaban J connectivity index is 1.68. The van der Waals surface area contributed by atoms with Gasteiger partial charge in [0.15, 0.2) is 0 Å². The lowest BCUT2D eigenvalue weighted by Gasteiger charge is -2.09. The molecule has 2 aromatic heterocycles. The molecular formula is C20H17ClN4O2. The Bertz CT molecular complexity index is 977. The van der Waals surface area contributed by atoms with Crippen LogP contribution >= 0.6 is 11.6 Å². The highest BCUT2D eigenvalue weighted by Crippen LogP contribution is 2.20. The summed E-state index contributed by atoms with van der Waals surface area (Å²) in [7, 11) is 0. The van der Waals surface area contributed by atoms with Gasteiger partial charge in [-0.15, -0.1) is 0 Å². The van der Waals surface area contributed by atoms with Gasteiger partial charge in [-0.05, 0) is 60.5 Å². The predicted octanol–water partition coefficient (Wildman–Crippen LogP) is 3.62. The van der Waals surface area contributed by atoms with Crippen LogP contribution in [-0.4, -0.2) is 21.8 Å². The van der Waals surface area contributed by atoms with Gasteiger partial charge >= 0.3 is 0 Å². The molecule has 0 aliphatic carbocycles. The number of halogens is 1. The van der Waals surface area contributed by atoms with E-state index >= 15 is 0 Å². The van der Waals surface area contributed by atoms with Gasteiger partial charge in [-0.3, -0.25) is 14.6 Å². The van der Waals surface area contributed by atoms with Gasteiger partial charge in [-0.1, -0.05) is 17.7 Å². The molecule has 0 saturated heterocycles. The van der Waals surface area contributed by atoms with E-state index in [1.165, 1.54) is 0 Å². The molecule has 0 spiro atoms. The summed E-state index contributed by atoms with van der Waals surface area (Å²) in [5.74, 6) is -0.756. The molecule has 0 saturated carbocycles. The smallest absolute Gasteiger partial charge is 0.274 e. The monoisotopic (exact) mass is 380 g/mol. The molecule has 2 amide bonds.